The molecule has 9 heteroatoms. The van der Waals surface area contributed by atoms with Crippen molar-refractivity contribution in [2.75, 3.05) is 36.8 Å². The second kappa shape index (κ2) is 8.49. The highest BCUT2D eigenvalue weighted by Crippen LogP contribution is 2.49. The molecule has 0 saturated carbocycles. The Morgan fingerprint density at radius 3 is 2.63 bits per heavy atom. The number of amides is 1. The highest BCUT2D eigenvalue weighted by Gasteiger charge is 2.34. The molecule has 30 heavy (non-hydrogen) atoms. The Morgan fingerprint density at radius 2 is 1.93 bits per heavy atom. The summed E-state index contributed by atoms with van der Waals surface area (Å²) in [6, 6.07) is 9.55. The van der Waals surface area contributed by atoms with Gasteiger partial charge in [0.2, 0.25) is 5.91 Å². The number of alkyl halides is 3. The third-order valence-corrected chi connectivity index (χ3v) is 6.58. The lowest BCUT2D eigenvalue weighted by molar-refractivity contribution is -0.137. The van der Waals surface area contributed by atoms with Gasteiger partial charge in [-0.3, -0.25) is 4.79 Å². The minimum atomic E-state index is -4.50. The topological polar surface area (TPSA) is 70.4 Å². The van der Waals surface area contributed by atoms with Crippen molar-refractivity contribution in [2.45, 2.75) is 28.8 Å². The minimum absolute atomic E-state index is 0.163. The van der Waals surface area contributed by atoms with E-state index in [1.165, 1.54) is 11.8 Å². The van der Waals surface area contributed by atoms with Crippen molar-refractivity contribution in [3.05, 3.63) is 42.0 Å². The zero-order valence-corrected chi connectivity index (χ0v) is 17.1. The molecule has 0 spiro atoms. The number of nitrogens with one attached hydrogen (secondary N) is 2. The molecule has 2 aromatic carbocycles. The standard InChI is InChI=1S/C21H23F3N4OS/c22-21(23,24)14-11-16(27-20(29)13-5-8-28(9-6-13)10-7-25)19-18(12-14)30-17-4-2-1-3-15(17)26-19/h1-4,11-13,26H,5-10,25H2,(H,27,29). The summed E-state index contributed by atoms with van der Waals surface area (Å²) in [6.07, 6.45) is -3.17. The van der Waals surface area contributed by atoms with Crippen LogP contribution in [0.3, 0.4) is 0 Å². The summed E-state index contributed by atoms with van der Waals surface area (Å²) in [5.41, 5.74) is 6.28. The third-order valence-electron chi connectivity index (χ3n) is 5.46. The van der Waals surface area contributed by atoms with Gasteiger partial charge in [-0.1, -0.05) is 23.9 Å². The van der Waals surface area contributed by atoms with E-state index in [0.717, 1.165) is 42.3 Å². The number of halogens is 3. The van der Waals surface area contributed by atoms with Crippen molar-refractivity contribution < 1.29 is 18.0 Å². The monoisotopic (exact) mass is 436 g/mol. The van der Waals surface area contributed by atoms with Crippen LogP contribution < -0.4 is 16.4 Å². The summed E-state index contributed by atoms with van der Waals surface area (Å²) in [6.45, 7) is 2.88. The molecule has 4 rings (SSSR count). The molecular weight excluding hydrogens is 413 g/mol. The van der Waals surface area contributed by atoms with Crippen LogP contribution in [0.1, 0.15) is 18.4 Å². The number of para-hydroxylation sites is 1. The van der Waals surface area contributed by atoms with Crippen LogP contribution in [-0.2, 0) is 11.0 Å². The van der Waals surface area contributed by atoms with Crippen molar-refractivity contribution in [3.8, 4) is 0 Å². The van der Waals surface area contributed by atoms with E-state index in [2.05, 4.69) is 15.5 Å². The molecule has 4 N–H and O–H groups in total. The number of rotatable bonds is 4. The first-order chi connectivity index (χ1) is 14.3. The van der Waals surface area contributed by atoms with E-state index < -0.39 is 11.7 Å². The molecule has 2 aromatic rings. The molecule has 1 fully saturated rings. The fourth-order valence-corrected chi connectivity index (χ4v) is 4.90. The maximum Gasteiger partial charge on any atom is 0.416 e. The lowest BCUT2D eigenvalue weighted by Gasteiger charge is -2.31. The molecule has 0 radical (unpaired) electrons. The third kappa shape index (κ3) is 4.43. The van der Waals surface area contributed by atoms with Gasteiger partial charge in [0.15, 0.2) is 0 Å². The van der Waals surface area contributed by atoms with Crippen LogP contribution >= 0.6 is 11.8 Å². The van der Waals surface area contributed by atoms with Crippen LogP contribution in [0.2, 0.25) is 0 Å². The highest BCUT2D eigenvalue weighted by atomic mass is 32.2. The van der Waals surface area contributed by atoms with Gasteiger partial charge in [-0.15, -0.1) is 0 Å². The summed E-state index contributed by atoms with van der Waals surface area (Å²) in [4.78, 5) is 16.3. The zero-order valence-electron chi connectivity index (χ0n) is 16.3. The van der Waals surface area contributed by atoms with E-state index in [9.17, 15) is 18.0 Å². The molecule has 0 unspecified atom stereocenters. The fraction of sp³-hybridized carbons (Fsp3) is 0.381. The molecule has 0 aromatic heterocycles. The zero-order chi connectivity index (χ0) is 21.3. The lowest BCUT2D eigenvalue weighted by atomic mass is 9.95. The second-order valence-electron chi connectivity index (χ2n) is 7.51. The van der Waals surface area contributed by atoms with Crippen molar-refractivity contribution in [2.24, 2.45) is 11.7 Å². The van der Waals surface area contributed by atoms with E-state index in [-0.39, 0.29) is 17.5 Å². The van der Waals surface area contributed by atoms with Crippen molar-refractivity contribution >= 4 is 34.7 Å². The normalized spacial score (nSPS) is 17.1. The molecule has 160 valence electrons. The molecule has 1 saturated heterocycles. The molecule has 2 aliphatic heterocycles. The fourth-order valence-electron chi connectivity index (χ4n) is 3.84. The number of nitrogens with zero attached hydrogens (tertiary/aromatic N) is 1. The summed E-state index contributed by atoms with van der Waals surface area (Å²) in [7, 11) is 0. The Kier molecular flexibility index (Phi) is 5.95. The van der Waals surface area contributed by atoms with Gasteiger partial charge in [-0.2, -0.15) is 13.2 Å². The lowest BCUT2D eigenvalue weighted by Crippen LogP contribution is -2.40. The van der Waals surface area contributed by atoms with E-state index >= 15 is 0 Å². The molecule has 1 amide bonds. The van der Waals surface area contributed by atoms with Gasteiger partial charge in [0.05, 0.1) is 22.6 Å². The average Bonchev–Trinajstić information content (AvgIpc) is 2.72. The van der Waals surface area contributed by atoms with Crippen LogP contribution in [0, 0.1) is 5.92 Å². The van der Waals surface area contributed by atoms with Crippen LogP contribution in [0.5, 0.6) is 0 Å². The SMILES string of the molecule is NCCN1CCC(C(=O)Nc2cc(C(F)(F)F)cc3c2Nc2ccccc2S3)CC1. The van der Waals surface area contributed by atoms with Gasteiger partial charge < -0.3 is 21.3 Å². The van der Waals surface area contributed by atoms with Gasteiger partial charge in [0.1, 0.15) is 0 Å². The number of piperidine rings is 1. The Bertz CT molecular complexity index is 942. The smallest absolute Gasteiger partial charge is 0.352 e. The summed E-state index contributed by atoms with van der Waals surface area (Å²) < 4.78 is 40.5. The van der Waals surface area contributed by atoms with Gasteiger partial charge in [0, 0.05) is 28.8 Å². The first-order valence-electron chi connectivity index (χ1n) is 9.87. The quantitative estimate of drug-likeness (QED) is 0.561. The Labute approximate surface area is 177 Å². The van der Waals surface area contributed by atoms with Gasteiger partial charge in [-0.05, 0) is 50.2 Å². The van der Waals surface area contributed by atoms with Crippen LogP contribution in [0.15, 0.2) is 46.2 Å². The number of carbonyl (C=O) groups is 1. The number of hydrogen-bond acceptors (Lipinski definition) is 5. The maximum atomic E-state index is 13.5. The van der Waals surface area contributed by atoms with Gasteiger partial charge in [0.25, 0.3) is 0 Å². The Hall–Kier alpha value is -2.23. The number of nitrogens with two attached hydrogens (primary N) is 1. The predicted octanol–water partition coefficient (Wildman–Crippen LogP) is 4.52. The van der Waals surface area contributed by atoms with E-state index in [1.807, 2.05) is 24.3 Å². The van der Waals surface area contributed by atoms with E-state index in [4.69, 9.17) is 5.73 Å². The van der Waals surface area contributed by atoms with E-state index in [0.29, 0.717) is 30.0 Å². The van der Waals surface area contributed by atoms with Crippen LogP contribution in [0.4, 0.5) is 30.2 Å². The van der Waals surface area contributed by atoms with Crippen LogP contribution in [0.25, 0.3) is 0 Å². The highest BCUT2D eigenvalue weighted by molar-refractivity contribution is 7.99. The van der Waals surface area contributed by atoms with Crippen LogP contribution in [-0.4, -0.2) is 37.0 Å². The molecular formula is C21H23F3N4OS. The first-order valence-corrected chi connectivity index (χ1v) is 10.7. The summed E-state index contributed by atoms with van der Waals surface area (Å²) in [5.74, 6) is -0.470. The van der Waals surface area contributed by atoms with Crippen molar-refractivity contribution in [1.82, 2.24) is 4.90 Å². The molecule has 2 aliphatic rings. The number of anilines is 3. The van der Waals surface area contributed by atoms with Crippen molar-refractivity contribution in [1.29, 1.82) is 0 Å². The van der Waals surface area contributed by atoms with Gasteiger partial charge >= 0.3 is 6.18 Å². The Morgan fingerprint density at radius 1 is 1.20 bits per heavy atom. The first kappa shape index (κ1) is 21.0. The van der Waals surface area contributed by atoms with E-state index in [1.54, 1.807) is 0 Å². The Balaban J connectivity index is 1.59. The summed E-state index contributed by atoms with van der Waals surface area (Å²) in [5, 5.41) is 5.97. The minimum Gasteiger partial charge on any atom is -0.352 e. The van der Waals surface area contributed by atoms with Crippen molar-refractivity contribution in [3.63, 3.8) is 0 Å². The second-order valence-corrected chi connectivity index (χ2v) is 8.60. The maximum absolute atomic E-state index is 13.5. The van der Waals surface area contributed by atoms with Gasteiger partial charge in [-0.25, -0.2) is 0 Å². The molecule has 0 aliphatic carbocycles. The number of likely N-dealkylation sites (tertiary alicyclic amines) is 1. The number of benzene rings is 2. The summed E-state index contributed by atoms with van der Waals surface area (Å²) >= 11 is 1.26. The average molecular weight is 437 g/mol. The number of fused-ring (bicyclic) bond motifs is 2. The molecule has 0 bridgehead atoms. The largest absolute Gasteiger partial charge is 0.416 e. The molecule has 5 nitrogen and oxygen atoms in total. The number of carbonyl (C=O) groups excluding carboxylic acids is 1. The number of hydrogen-bond donors (Lipinski definition) is 3. The molecule has 0 atom stereocenters. The molecule has 2 heterocycles. The predicted molar refractivity (Wildman–Crippen MR) is 112 cm³/mol.